The highest BCUT2D eigenvalue weighted by Gasteiger charge is 2.24. The van der Waals surface area contributed by atoms with E-state index in [0.717, 1.165) is 22.7 Å². The van der Waals surface area contributed by atoms with Gasteiger partial charge in [0.05, 0.1) is 5.02 Å². The Morgan fingerprint density at radius 2 is 2.40 bits per heavy atom. The lowest BCUT2D eigenvalue weighted by Crippen LogP contribution is -2.31. The largest absolute Gasteiger partial charge is 0.461 e. The van der Waals surface area contributed by atoms with Gasteiger partial charge in [-0.1, -0.05) is 11.6 Å². The average Bonchev–Trinajstić information content (AvgIpc) is 2.55. The zero-order valence-corrected chi connectivity index (χ0v) is 10.2. The van der Waals surface area contributed by atoms with E-state index in [9.17, 15) is 0 Å². The lowest BCUT2D eigenvalue weighted by Gasteiger charge is -2.27. The van der Waals surface area contributed by atoms with E-state index in [1.807, 2.05) is 5.38 Å². The van der Waals surface area contributed by atoms with Gasteiger partial charge in [-0.15, -0.1) is 11.3 Å². The number of nitrogens with zero attached hydrogens (tertiary/aromatic N) is 1. The summed E-state index contributed by atoms with van der Waals surface area (Å²) in [5, 5.41) is 2.61. The van der Waals surface area contributed by atoms with E-state index < -0.39 is 0 Å². The summed E-state index contributed by atoms with van der Waals surface area (Å²) in [6.45, 7) is 0. The summed E-state index contributed by atoms with van der Waals surface area (Å²) in [5.41, 5.74) is 0.847. The zero-order valence-electron chi connectivity index (χ0n) is 7.83. The maximum Gasteiger partial charge on any atom is 0.300 e. The molecule has 3 rings (SSSR count). The highest BCUT2D eigenvalue weighted by Crippen LogP contribution is 2.43. The van der Waals surface area contributed by atoms with E-state index in [1.165, 1.54) is 18.4 Å². The molecule has 6 heteroatoms. The van der Waals surface area contributed by atoms with E-state index in [4.69, 9.17) is 16.3 Å². The highest BCUT2D eigenvalue weighted by atomic mass is 35.5. The predicted molar refractivity (Wildman–Crippen MR) is 64.1 cm³/mol. The molecule has 1 saturated carbocycles. The minimum atomic E-state index is 0.343. The van der Waals surface area contributed by atoms with Gasteiger partial charge in [0, 0.05) is 17.3 Å². The Bertz CT molecular complexity index is 414. The van der Waals surface area contributed by atoms with Gasteiger partial charge in [-0.3, -0.25) is 4.72 Å². The van der Waals surface area contributed by atoms with Gasteiger partial charge >= 0.3 is 6.02 Å². The van der Waals surface area contributed by atoms with Crippen LogP contribution >= 0.6 is 34.9 Å². The number of fused-ring (bicyclic) bond motifs is 1. The van der Waals surface area contributed by atoms with Crippen molar-refractivity contribution in [3.05, 3.63) is 10.4 Å². The van der Waals surface area contributed by atoms with Gasteiger partial charge in [-0.05, 0) is 19.3 Å². The monoisotopic (exact) mass is 260 g/mol. The van der Waals surface area contributed by atoms with Crippen molar-refractivity contribution in [2.75, 3.05) is 0 Å². The van der Waals surface area contributed by atoms with Crippen LogP contribution in [-0.4, -0.2) is 12.1 Å². The van der Waals surface area contributed by atoms with E-state index in [1.54, 1.807) is 11.3 Å². The van der Waals surface area contributed by atoms with Gasteiger partial charge in [0.15, 0.2) is 0 Å². The standard InChI is InChI=1S/C9H9ClN2OS2/c10-6-4-14-8-7(6)11-9(12-15-8)13-5-2-1-3-5/h4-5H,1-3H2,(H,11,12). The van der Waals surface area contributed by atoms with Crippen LogP contribution in [0.4, 0.5) is 5.69 Å². The van der Waals surface area contributed by atoms with Crippen LogP contribution < -0.4 is 4.72 Å². The zero-order chi connectivity index (χ0) is 10.3. The lowest BCUT2D eigenvalue weighted by molar-refractivity contribution is 0.104. The molecule has 0 amide bonds. The third kappa shape index (κ3) is 1.84. The second kappa shape index (κ2) is 3.88. The fourth-order valence-electron chi connectivity index (χ4n) is 1.40. The number of hydrogen-bond acceptors (Lipinski definition) is 5. The van der Waals surface area contributed by atoms with Gasteiger partial charge in [0.1, 0.15) is 16.0 Å². The molecule has 2 aliphatic rings. The second-order valence-corrected chi connectivity index (χ2v) is 5.87. The Hall–Kier alpha value is -0.390. The van der Waals surface area contributed by atoms with Gasteiger partial charge in [-0.2, -0.15) is 4.99 Å². The molecular weight excluding hydrogens is 252 g/mol. The second-order valence-electron chi connectivity index (χ2n) is 3.51. The highest BCUT2D eigenvalue weighted by molar-refractivity contribution is 8.00. The summed E-state index contributed by atoms with van der Waals surface area (Å²) in [6, 6.07) is 0.595. The van der Waals surface area contributed by atoms with Crippen molar-refractivity contribution in [1.29, 1.82) is 0 Å². The van der Waals surface area contributed by atoms with E-state index in [2.05, 4.69) is 9.71 Å². The Balaban J connectivity index is 1.80. The van der Waals surface area contributed by atoms with Crippen LogP contribution in [0, 0.1) is 0 Å². The molecule has 0 aromatic carbocycles. The molecule has 80 valence electrons. The van der Waals surface area contributed by atoms with Crippen molar-refractivity contribution in [2.24, 2.45) is 4.99 Å². The SMILES string of the molecule is Clc1csc2c1N=C(OC1CCC1)NS2. The summed E-state index contributed by atoms with van der Waals surface area (Å²) in [5.74, 6) is 0. The topological polar surface area (TPSA) is 33.6 Å². The summed E-state index contributed by atoms with van der Waals surface area (Å²) >= 11 is 9.14. The number of ether oxygens (including phenoxy) is 1. The summed E-state index contributed by atoms with van der Waals surface area (Å²) in [7, 11) is 0. The molecule has 0 bridgehead atoms. The van der Waals surface area contributed by atoms with Crippen LogP contribution in [0.5, 0.6) is 0 Å². The molecule has 1 N–H and O–H groups in total. The van der Waals surface area contributed by atoms with Crippen molar-refractivity contribution < 1.29 is 4.74 Å². The van der Waals surface area contributed by atoms with Crippen molar-refractivity contribution in [3.63, 3.8) is 0 Å². The first-order valence-electron chi connectivity index (χ1n) is 4.78. The Morgan fingerprint density at radius 3 is 3.13 bits per heavy atom. The van der Waals surface area contributed by atoms with Gasteiger partial charge in [0.2, 0.25) is 0 Å². The molecule has 1 aromatic rings. The molecule has 1 aromatic heterocycles. The first kappa shape index (κ1) is 9.81. The van der Waals surface area contributed by atoms with Crippen molar-refractivity contribution in [2.45, 2.75) is 29.6 Å². The number of rotatable bonds is 1. The fraction of sp³-hybridized carbons (Fsp3) is 0.444. The van der Waals surface area contributed by atoms with Crippen LogP contribution in [0.25, 0.3) is 0 Å². The molecule has 2 heterocycles. The number of thiophene rings is 1. The molecule has 0 unspecified atom stereocenters. The van der Waals surface area contributed by atoms with Crippen LogP contribution in [0.2, 0.25) is 5.02 Å². The quantitative estimate of drug-likeness (QED) is 0.784. The third-order valence-corrected chi connectivity index (χ3v) is 4.84. The van der Waals surface area contributed by atoms with Crippen LogP contribution in [0.3, 0.4) is 0 Å². The normalized spacial score (nSPS) is 19.9. The van der Waals surface area contributed by atoms with Crippen molar-refractivity contribution >= 4 is 46.6 Å². The number of nitrogens with one attached hydrogen (secondary N) is 1. The summed E-state index contributed by atoms with van der Waals surface area (Å²) in [4.78, 5) is 4.37. The number of hydrogen-bond donors (Lipinski definition) is 1. The molecule has 15 heavy (non-hydrogen) atoms. The van der Waals surface area contributed by atoms with E-state index >= 15 is 0 Å². The smallest absolute Gasteiger partial charge is 0.300 e. The molecule has 3 nitrogen and oxygen atoms in total. The molecule has 0 atom stereocenters. The minimum absolute atomic E-state index is 0.343. The predicted octanol–water partition coefficient (Wildman–Crippen LogP) is 3.57. The molecule has 1 aliphatic carbocycles. The maximum atomic E-state index is 6.01. The first-order valence-corrected chi connectivity index (χ1v) is 6.85. The Labute approximate surface area is 101 Å². The summed E-state index contributed by atoms with van der Waals surface area (Å²) < 4.78 is 9.85. The minimum Gasteiger partial charge on any atom is -0.461 e. The van der Waals surface area contributed by atoms with E-state index in [0.29, 0.717) is 17.1 Å². The fourth-order valence-corrected chi connectivity index (χ4v) is 3.36. The molecular formula is C9H9ClN2OS2. The van der Waals surface area contributed by atoms with Crippen molar-refractivity contribution in [1.82, 2.24) is 4.72 Å². The van der Waals surface area contributed by atoms with Gasteiger partial charge < -0.3 is 4.74 Å². The van der Waals surface area contributed by atoms with E-state index in [-0.39, 0.29) is 0 Å². The average molecular weight is 261 g/mol. The Morgan fingerprint density at radius 1 is 1.53 bits per heavy atom. The lowest BCUT2D eigenvalue weighted by atomic mass is 9.96. The van der Waals surface area contributed by atoms with Gasteiger partial charge in [-0.25, -0.2) is 0 Å². The van der Waals surface area contributed by atoms with Crippen LogP contribution in [-0.2, 0) is 4.74 Å². The maximum absolute atomic E-state index is 6.01. The number of halogens is 1. The first-order chi connectivity index (χ1) is 7.33. The number of aliphatic imine (C=N–C) groups is 1. The molecule has 0 saturated heterocycles. The Kier molecular flexibility index (Phi) is 2.54. The third-order valence-electron chi connectivity index (χ3n) is 2.46. The van der Waals surface area contributed by atoms with Crippen LogP contribution in [0.1, 0.15) is 19.3 Å². The van der Waals surface area contributed by atoms with Gasteiger partial charge in [0.25, 0.3) is 0 Å². The summed E-state index contributed by atoms with van der Waals surface area (Å²) in [6.07, 6.45) is 3.87. The van der Waals surface area contributed by atoms with Crippen LogP contribution in [0.15, 0.2) is 14.6 Å². The van der Waals surface area contributed by atoms with Crippen molar-refractivity contribution in [3.8, 4) is 0 Å². The molecule has 1 aliphatic heterocycles. The molecule has 0 radical (unpaired) electrons. The molecule has 0 spiro atoms. The number of amidine groups is 1. The molecule has 1 fully saturated rings.